The Morgan fingerprint density at radius 1 is 1.53 bits per heavy atom. The van der Waals surface area contributed by atoms with Crippen molar-refractivity contribution in [3.8, 4) is 17.6 Å². The van der Waals surface area contributed by atoms with Crippen LogP contribution in [0.4, 0.5) is 0 Å². The molecule has 1 unspecified atom stereocenters. The summed E-state index contributed by atoms with van der Waals surface area (Å²) >= 11 is 0. The predicted molar refractivity (Wildman–Crippen MR) is 71.0 cm³/mol. The van der Waals surface area contributed by atoms with Crippen LogP contribution in [0.3, 0.4) is 0 Å². The molecule has 0 aliphatic carbocycles. The Hall–Kier alpha value is -1.73. The van der Waals surface area contributed by atoms with E-state index in [2.05, 4.69) is 6.07 Å². The monoisotopic (exact) mass is 261 g/mol. The van der Waals surface area contributed by atoms with Crippen molar-refractivity contribution in [2.75, 3.05) is 13.2 Å². The summed E-state index contributed by atoms with van der Waals surface area (Å²) in [5.41, 5.74) is 0.520. The van der Waals surface area contributed by atoms with E-state index < -0.39 is 6.10 Å². The van der Waals surface area contributed by atoms with Crippen molar-refractivity contribution in [3.63, 3.8) is 0 Å². The number of fused-ring (bicyclic) bond motifs is 1. The Balaban J connectivity index is 1.83. The molecule has 1 N–H and O–H groups in total. The topological polar surface area (TPSA) is 62.5 Å². The van der Waals surface area contributed by atoms with E-state index in [1.807, 2.05) is 26.0 Å². The molecule has 1 aromatic carbocycles. The average molecular weight is 261 g/mol. The van der Waals surface area contributed by atoms with Gasteiger partial charge in [0.1, 0.15) is 24.2 Å². The van der Waals surface area contributed by atoms with Crippen molar-refractivity contribution >= 4 is 0 Å². The quantitative estimate of drug-likeness (QED) is 0.828. The van der Waals surface area contributed by atoms with E-state index in [1.54, 1.807) is 6.07 Å². The highest BCUT2D eigenvalue weighted by Crippen LogP contribution is 2.35. The first-order chi connectivity index (χ1) is 9.02. The second-order valence-corrected chi connectivity index (χ2v) is 5.47. The van der Waals surface area contributed by atoms with Gasteiger partial charge in [0.15, 0.2) is 0 Å². The molecular formula is C15H19NO3. The molecule has 0 saturated carbocycles. The van der Waals surface area contributed by atoms with Crippen LogP contribution < -0.4 is 9.47 Å². The number of rotatable bonds is 5. The predicted octanol–water partition coefficient (Wildman–Crippen LogP) is 2.82. The largest absolute Gasteiger partial charge is 0.493 e. The van der Waals surface area contributed by atoms with E-state index in [9.17, 15) is 5.11 Å². The summed E-state index contributed by atoms with van der Waals surface area (Å²) in [5, 5.41) is 18.5. The van der Waals surface area contributed by atoms with Crippen molar-refractivity contribution in [3.05, 3.63) is 23.8 Å². The molecule has 1 aromatic rings. The molecule has 0 bridgehead atoms. The molecule has 4 nitrogen and oxygen atoms in total. The maximum Gasteiger partial charge on any atom is 0.129 e. The van der Waals surface area contributed by atoms with Gasteiger partial charge < -0.3 is 14.6 Å². The van der Waals surface area contributed by atoms with Gasteiger partial charge in [-0.3, -0.25) is 0 Å². The Morgan fingerprint density at radius 3 is 3.05 bits per heavy atom. The minimum Gasteiger partial charge on any atom is -0.493 e. The van der Waals surface area contributed by atoms with Gasteiger partial charge in [-0.2, -0.15) is 5.26 Å². The fourth-order valence-corrected chi connectivity index (χ4v) is 2.02. The van der Waals surface area contributed by atoms with Crippen molar-refractivity contribution in [2.45, 2.75) is 32.8 Å². The van der Waals surface area contributed by atoms with Crippen molar-refractivity contribution in [1.29, 1.82) is 5.26 Å². The number of nitrogens with zero attached hydrogens (tertiary/aromatic N) is 1. The molecule has 1 aliphatic rings. The smallest absolute Gasteiger partial charge is 0.129 e. The number of ether oxygens (including phenoxy) is 2. The first-order valence-corrected chi connectivity index (χ1v) is 6.51. The van der Waals surface area contributed by atoms with E-state index in [4.69, 9.17) is 14.7 Å². The Kier molecular flexibility index (Phi) is 3.96. The van der Waals surface area contributed by atoms with Crippen LogP contribution in [0.15, 0.2) is 18.2 Å². The van der Waals surface area contributed by atoms with Crippen molar-refractivity contribution in [2.24, 2.45) is 5.41 Å². The highest BCUT2D eigenvalue weighted by atomic mass is 16.5. The summed E-state index contributed by atoms with van der Waals surface area (Å²) in [6.45, 7) is 4.75. The van der Waals surface area contributed by atoms with E-state index >= 15 is 0 Å². The Labute approximate surface area is 113 Å². The van der Waals surface area contributed by atoms with Gasteiger partial charge >= 0.3 is 0 Å². The van der Waals surface area contributed by atoms with Gasteiger partial charge in [0.25, 0.3) is 0 Å². The Morgan fingerprint density at radius 2 is 2.32 bits per heavy atom. The number of aliphatic hydroxyl groups excluding tert-OH is 1. The molecule has 1 atom stereocenters. The lowest BCUT2D eigenvalue weighted by atomic mass is 9.90. The zero-order valence-corrected chi connectivity index (χ0v) is 11.3. The third-order valence-electron chi connectivity index (χ3n) is 3.26. The van der Waals surface area contributed by atoms with Crippen LogP contribution >= 0.6 is 0 Å². The molecule has 4 heteroatoms. The van der Waals surface area contributed by atoms with Crippen LogP contribution in [0, 0.1) is 16.7 Å². The molecule has 19 heavy (non-hydrogen) atoms. The summed E-state index contributed by atoms with van der Waals surface area (Å²) in [5.74, 6) is 1.44. The fourth-order valence-electron chi connectivity index (χ4n) is 2.02. The average Bonchev–Trinajstić information content (AvgIpc) is 2.76. The lowest BCUT2D eigenvalue weighted by Gasteiger charge is -2.15. The summed E-state index contributed by atoms with van der Waals surface area (Å²) in [6, 6.07) is 7.76. The van der Waals surface area contributed by atoms with Crippen LogP contribution in [0.2, 0.25) is 0 Å². The minimum absolute atomic E-state index is 0.297. The number of aliphatic hydroxyl groups is 1. The van der Waals surface area contributed by atoms with E-state index in [-0.39, 0.29) is 5.41 Å². The fraction of sp³-hybridized carbons (Fsp3) is 0.533. The molecule has 0 amide bonds. The molecular weight excluding hydrogens is 242 g/mol. The number of nitriles is 1. The third kappa shape index (κ3) is 3.39. The molecule has 1 aliphatic heterocycles. The maximum atomic E-state index is 9.61. The van der Waals surface area contributed by atoms with E-state index in [1.165, 1.54) is 0 Å². The first kappa shape index (κ1) is 13.7. The lowest BCUT2D eigenvalue weighted by Crippen LogP contribution is -2.10. The van der Waals surface area contributed by atoms with E-state index in [0.717, 1.165) is 24.2 Å². The van der Waals surface area contributed by atoms with Gasteiger partial charge in [0.05, 0.1) is 18.1 Å². The van der Waals surface area contributed by atoms with Gasteiger partial charge in [-0.05, 0) is 38.8 Å². The van der Waals surface area contributed by atoms with Crippen LogP contribution in [0.25, 0.3) is 0 Å². The standard InChI is InChI=1S/C15H19NO3/c1-15(2,10-16)6-3-7-18-11-4-5-12-13(17)9-19-14(12)8-11/h4-5,8,13,17H,3,6-7,9H2,1-2H3. The first-order valence-electron chi connectivity index (χ1n) is 6.51. The number of benzene rings is 1. The zero-order valence-electron chi connectivity index (χ0n) is 11.3. The molecule has 0 aromatic heterocycles. The lowest BCUT2D eigenvalue weighted by molar-refractivity contribution is 0.140. The molecule has 102 valence electrons. The molecule has 1 heterocycles. The molecule has 0 fully saturated rings. The van der Waals surface area contributed by atoms with Gasteiger partial charge in [-0.1, -0.05) is 0 Å². The zero-order chi connectivity index (χ0) is 13.9. The number of hydrogen-bond donors (Lipinski definition) is 1. The van der Waals surface area contributed by atoms with Gasteiger partial charge in [0.2, 0.25) is 0 Å². The number of hydrogen-bond acceptors (Lipinski definition) is 4. The van der Waals surface area contributed by atoms with Crippen LogP contribution in [-0.4, -0.2) is 18.3 Å². The van der Waals surface area contributed by atoms with Gasteiger partial charge in [0, 0.05) is 11.6 Å². The van der Waals surface area contributed by atoms with Crippen LogP contribution in [0.5, 0.6) is 11.5 Å². The maximum absolute atomic E-state index is 9.61. The molecule has 0 saturated heterocycles. The summed E-state index contributed by atoms with van der Waals surface area (Å²) in [4.78, 5) is 0. The van der Waals surface area contributed by atoms with E-state index in [0.29, 0.717) is 19.0 Å². The summed E-state index contributed by atoms with van der Waals surface area (Å²) in [6.07, 6.45) is 1.12. The molecule has 0 radical (unpaired) electrons. The van der Waals surface area contributed by atoms with Crippen LogP contribution in [0.1, 0.15) is 38.4 Å². The van der Waals surface area contributed by atoms with Crippen molar-refractivity contribution in [1.82, 2.24) is 0 Å². The third-order valence-corrected chi connectivity index (χ3v) is 3.26. The second kappa shape index (κ2) is 5.50. The van der Waals surface area contributed by atoms with Crippen LogP contribution in [-0.2, 0) is 0 Å². The van der Waals surface area contributed by atoms with Gasteiger partial charge in [-0.25, -0.2) is 0 Å². The highest BCUT2D eigenvalue weighted by Gasteiger charge is 2.22. The Bertz CT molecular complexity index is 491. The summed E-state index contributed by atoms with van der Waals surface area (Å²) < 4.78 is 11.0. The molecule has 0 spiro atoms. The normalized spacial score (nSPS) is 17.5. The van der Waals surface area contributed by atoms with Crippen molar-refractivity contribution < 1.29 is 14.6 Å². The molecule has 2 rings (SSSR count). The minimum atomic E-state index is -0.527. The van der Waals surface area contributed by atoms with Gasteiger partial charge in [-0.15, -0.1) is 0 Å². The SMILES string of the molecule is CC(C)(C#N)CCCOc1ccc2c(c1)OCC2O. The second-order valence-electron chi connectivity index (χ2n) is 5.47. The highest BCUT2D eigenvalue weighted by molar-refractivity contribution is 5.44. The summed E-state index contributed by atoms with van der Waals surface area (Å²) in [7, 11) is 0.